The molecule has 0 bridgehead atoms. The second kappa shape index (κ2) is 9.82. The van der Waals surface area contributed by atoms with Crippen molar-refractivity contribution in [3.63, 3.8) is 0 Å². The van der Waals surface area contributed by atoms with Crippen molar-refractivity contribution in [1.29, 1.82) is 0 Å². The number of thiocarbonyl (C=S) groups is 1. The molecular formula is C23H25ClFNS. The Morgan fingerprint density at radius 3 is 2.59 bits per heavy atom. The highest BCUT2D eigenvalue weighted by Crippen LogP contribution is 2.26. The first-order valence-corrected chi connectivity index (χ1v) is 9.79. The van der Waals surface area contributed by atoms with Crippen LogP contribution in [0.1, 0.15) is 37.0 Å². The number of benzene rings is 2. The van der Waals surface area contributed by atoms with Gasteiger partial charge in [-0.05, 0) is 67.6 Å². The summed E-state index contributed by atoms with van der Waals surface area (Å²) in [5, 5.41) is 0.584. The van der Waals surface area contributed by atoms with E-state index in [1.54, 1.807) is 12.1 Å². The first kappa shape index (κ1) is 21.3. The molecule has 1 nitrogen and oxygen atoms in total. The second-order valence-corrected chi connectivity index (χ2v) is 7.59. The van der Waals surface area contributed by atoms with Crippen molar-refractivity contribution < 1.29 is 4.39 Å². The number of hydrogen-bond acceptors (Lipinski definition) is 2. The highest BCUT2D eigenvalue weighted by atomic mass is 35.5. The molecular weight excluding hydrogens is 377 g/mol. The van der Waals surface area contributed by atoms with Gasteiger partial charge in [0.05, 0.1) is 0 Å². The highest BCUT2D eigenvalue weighted by molar-refractivity contribution is 7.80. The first-order chi connectivity index (χ1) is 12.8. The summed E-state index contributed by atoms with van der Waals surface area (Å²) in [5.41, 5.74) is 5.11. The Morgan fingerprint density at radius 1 is 1.26 bits per heavy atom. The number of anilines is 1. The van der Waals surface area contributed by atoms with Gasteiger partial charge in [0, 0.05) is 33.9 Å². The standard InChI is InChI=1S/C23H25ClFNS/c1-5-11-26(15-19(6-2)17(4)27)23-10-7-18(12-16(23)3)13-20-14-21(25)8-9-22(20)24/h6-10,12,14-15H,2,5,11,13H2,1,3-4H3/b19-15+. The van der Waals surface area contributed by atoms with E-state index in [0.29, 0.717) is 11.4 Å². The fourth-order valence-corrected chi connectivity index (χ4v) is 3.32. The Balaban J connectivity index is 2.34. The normalized spacial score (nSPS) is 11.4. The summed E-state index contributed by atoms with van der Waals surface area (Å²) in [6.07, 6.45) is 5.46. The Hall–Kier alpha value is -1.97. The van der Waals surface area contributed by atoms with Gasteiger partial charge in [-0.15, -0.1) is 0 Å². The fraction of sp³-hybridized carbons (Fsp3) is 0.261. The van der Waals surface area contributed by atoms with Crippen LogP contribution in [0.25, 0.3) is 0 Å². The van der Waals surface area contributed by atoms with Crippen LogP contribution in [0.3, 0.4) is 0 Å². The van der Waals surface area contributed by atoms with Gasteiger partial charge in [0.25, 0.3) is 0 Å². The quantitative estimate of drug-likeness (QED) is 0.264. The van der Waals surface area contributed by atoms with E-state index in [1.165, 1.54) is 12.1 Å². The predicted molar refractivity (Wildman–Crippen MR) is 120 cm³/mol. The minimum atomic E-state index is -0.269. The van der Waals surface area contributed by atoms with Gasteiger partial charge in [0.2, 0.25) is 0 Å². The summed E-state index contributed by atoms with van der Waals surface area (Å²) in [5.74, 6) is -0.269. The number of allylic oxidation sites excluding steroid dienone is 2. The Labute approximate surface area is 172 Å². The molecule has 0 aliphatic heterocycles. The van der Waals surface area contributed by atoms with E-state index in [4.69, 9.17) is 23.8 Å². The average molecular weight is 402 g/mol. The molecule has 0 saturated heterocycles. The van der Waals surface area contributed by atoms with Crippen LogP contribution in [-0.2, 0) is 6.42 Å². The Morgan fingerprint density at radius 2 is 2.00 bits per heavy atom. The van der Waals surface area contributed by atoms with E-state index in [2.05, 4.69) is 49.7 Å². The van der Waals surface area contributed by atoms with Crippen LogP contribution in [0.4, 0.5) is 10.1 Å². The molecule has 0 aromatic heterocycles. The van der Waals surface area contributed by atoms with E-state index >= 15 is 0 Å². The minimum Gasteiger partial charge on any atom is -0.347 e. The molecule has 0 aliphatic rings. The van der Waals surface area contributed by atoms with Crippen molar-refractivity contribution in [2.75, 3.05) is 11.4 Å². The van der Waals surface area contributed by atoms with Crippen molar-refractivity contribution in [3.8, 4) is 0 Å². The first-order valence-electron chi connectivity index (χ1n) is 9.01. The molecule has 4 heteroatoms. The number of aryl methyl sites for hydroxylation is 1. The molecule has 0 atom stereocenters. The molecule has 2 rings (SSSR count). The summed E-state index contributed by atoms with van der Waals surface area (Å²) in [6, 6.07) is 10.8. The Bertz CT molecular complexity index is 873. The van der Waals surface area contributed by atoms with Crippen LogP contribution < -0.4 is 4.90 Å². The van der Waals surface area contributed by atoms with Gasteiger partial charge in [-0.1, -0.05) is 55.5 Å². The lowest BCUT2D eigenvalue weighted by molar-refractivity contribution is 0.626. The van der Waals surface area contributed by atoms with Crippen molar-refractivity contribution in [1.82, 2.24) is 0 Å². The minimum absolute atomic E-state index is 0.269. The van der Waals surface area contributed by atoms with Crippen LogP contribution in [-0.4, -0.2) is 11.4 Å². The molecule has 0 unspecified atom stereocenters. The maximum Gasteiger partial charge on any atom is 0.123 e. The maximum atomic E-state index is 13.5. The summed E-state index contributed by atoms with van der Waals surface area (Å²) in [6.45, 7) is 10.9. The summed E-state index contributed by atoms with van der Waals surface area (Å²) in [7, 11) is 0. The molecule has 0 heterocycles. The van der Waals surface area contributed by atoms with Crippen molar-refractivity contribution >= 4 is 34.4 Å². The summed E-state index contributed by atoms with van der Waals surface area (Å²) < 4.78 is 13.5. The second-order valence-electron chi connectivity index (χ2n) is 6.57. The monoisotopic (exact) mass is 401 g/mol. The van der Waals surface area contributed by atoms with Crippen LogP contribution in [0, 0.1) is 12.7 Å². The predicted octanol–water partition coefficient (Wildman–Crippen LogP) is 7.05. The van der Waals surface area contributed by atoms with Gasteiger partial charge in [0.1, 0.15) is 5.82 Å². The van der Waals surface area contributed by atoms with Crippen LogP contribution in [0.2, 0.25) is 5.02 Å². The molecule has 2 aromatic rings. The van der Waals surface area contributed by atoms with Gasteiger partial charge in [-0.2, -0.15) is 0 Å². The third kappa shape index (κ3) is 5.75. The van der Waals surface area contributed by atoms with Crippen LogP contribution in [0.5, 0.6) is 0 Å². The maximum absolute atomic E-state index is 13.5. The van der Waals surface area contributed by atoms with E-state index < -0.39 is 0 Å². The highest BCUT2D eigenvalue weighted by Gasteiger charge is 2.10. The molecule has 0 radical (unpaired) electrons. The molecule has 0 aliphatic carbocycles. The zero-order valence-corrected chi connectivity index (χ0v) is 17.6. The summed E-state index contributed by atoms with van der Waals surface area (Å²) in [4.78, 5) is 3.03. The number of rotatable bonds is 8. The molecule has 0 fully saturated rings. The topological polar surface area (TPSA) is 3.24 Å². The van der Waals surface area contributed by atoms with Gasteiger partial charge in [-0.25, -0.2) is 4.39 Å². The van der Waals surface area contributed by atoms with Crippen molar-refractivity contribution in [2.45, 2.75) is 33.6 Å². The molecule has 0 spiro atoms. The van der Waals surface area contributed by atoms with E-state index in [9.17, 15) is 4.39 Å². The lowest BCUT2D eigenvalue weighted by Gasteiger charge is -2.24. The smallest absolute Gasteiger partial charge is 0.123 e. The van der Waals surface area contributed by atoms with Crippen LogP contribution >= 0.6 is 23.8 Å². The van der Waals surface area contributed by atoms with Crippen molar-refractivity contribution in [2.24, 2.45) is 0 Å². The number of halogens is 2. The molecule has 0 amide bonds. The summed E-state index contributed by atoms with van der Waals surface area (Å²) >= 11 is 11.5. The zero-order chi connectivity index (χ0) is 20.0. The molecule has 27 heavy (non-hydrogen) atoms. The Kier molecular flexibility index (Phi) is 7.76. The zero-order valence-electron chi connectivity index (χ0n) is 16.1. The molecule has 2 aromatic carbocycles. The lowest BCUT2D eigenvalue weighted by Crippen LogP contribution is -2.19. The SMILES string of the molecule is C=C/C(=C\N(CCC)c1ccc(Cc2cc(F)ccc2Cl)cc1C)C(C)=S. The fourth-order valence-electron chi connectivity index (χ4n) is 3.00. The van der Waals surface area contributed by atoms with Gasteiger partial charge < -0.3 is 4.90 Å². The molecule has 0 saturated carbocycles. The third-order valence-electron chi connectivity index (χ3n) is 4.36. The van der Waals surface area contributed by atoms with Crippen LogP contribution in [0.15, 0.2) is 60.8 Å². The van der Waals surface area contributed by atoms with Gasteiger partial charge >= 0.3 is 0 Å². The lowest BCUT2D eigenvalue weighted by atomic mass is 10.0. The number of nitrogens with zero attached hydrogens (tertiary/aromatic N) is 1. The van der Waals surface area contributed by atoms with Gasteiger partial charge in [-0.3, -0.25) is 0 Å². The van der Waals surface area contributed by atoms with E-state index in [-0.39, 0.29) is 5.82 Å². The third-order valence-corrected chi connectivity index (χ3v) is 4.96. The van der Waals surface area contributed by atoms with Gasteiger partial charge in [0.15, 0.2) is 0 Å². The van der Waals surface area contributed by atoms with E-state index in [1.807, 2.05) is 6.92 Å². The largest absolute Gasteiger partial charge is 0.347 e. The molecule has 142 valence electrons. The molecule has 0 N–H and O–H groups in total. The average Bonchev–Trinajstić information content (AvgIpc) is 2.62. The number of hydrogen-bond donors (Lipinski definition) is 0. The van der Waals surface area contributed by atoms with E-state index in [0.717, 1.165) is 45.8 Å². The van der Waals surface area contributed by atoms with Crippen molar-refractivity contribution in [3.05, 3.63) is 88.4 Å².